The second kappa shape index (κ2) is 4.82. The van der Waals surface area contributed by atoms with Crippen LogP contribution in [0.2, 0.25) is 0 Å². The van der Waals surface area contributed by atoms with Crippen molar-refractivity contribution >= 4 is 17.4 Å². The second-order valence-corrected chi connectivity index (χ2v) is 4.95. The van der Waals surface area contributed by atoms with Crippen LogP contribution in [0.15, 0.2) is 29.2 Å². The Hall–Kier alpha value is -1.11. The Morgan fingerprint density at radius 3 is 2.56 bits per heavy atom. The van der Waals surface area contributed by atoms with Gasteiger partial charge in [0.15, 0.2) is 0 Å². The van der Waals surface area contributed by atoms with Gasteiger partial charge in [-0.2, -0.15) is 0 Å². The monoisotopic (exact) mass is 240 g/mol. The number of aliphatic hydroxyl groups excluding tert-OH is 1. The molecule has 1 heterocycles. The maximum atomic E-state index is 10.5. The molecule has 1 aliphatic rings. The summed E-state index contributed by atoms with van der Waals surface area (Å²) in [7, 11) is 0. The summed E-state index contributed by atoms with van der Waals surface area (Å²) in [6, 6.07) is 6.40. The molecule has 2 atom stereocenters. The number of nitro benzene ring substituents is 1. The Morgan fingerprint density at radius 1 is 1.38 bits per heavy atom. The Kier molecular flexibility index (Phi) is 3.42. The van der Waals surface area contributed by atoms with E-state index in [1.165, 1.54) is 12.1 Å². The van der Waals surface area contributed by atoms with Crippen molar-refractivity contribution in [3.8, 4) is 0 Å². The number of aliphatic hydroxyl groups is 1. The van der Waals surface area contributed by atoms with Crippen LogP contribution in [-0.4, -0.2) is 34.5 Å². The van der Waals surface area contributed by atoms with E-state index in [1.807, 2.05) is 0 Å². The number of hydrogen-bond donors (Lipinski definition) is 2. The molecule has 1 fully saturated rings. The number of β-amino-alcohol motifs (C(OH)–C–C–N with tert-alkyl or cyclic N) is 1. The molecule has 1 aromatic rings. The first kappa shape index (κ1) is 11.4. The molecular formula is C10H12N2O3S. The van der Waals surface area contributed by atoms with Crippen molar-refractivity contribution in [3.05, 3.63) is 34.4 Å². The molecule has 0 aliphatic carbocycles. The van der Waals surface area contributed by atoms with Gasteiger partial charge < -0.3 is 10.4 Å². The van der Waals surface area contributed by atoms with E-state index in [0.29, 0.717) is 6.54 Å². The first-order chi connectivity index (χ1) is 7.66. The Labute approximate surface area is 97.0 Å². The predicted molar refractivity (Wildman–Crippen MR) is 61.6 cm³/mol. The highest BCUT2D eigenvalue weighted by Gasteiger charge is 2.25. The molecule has 1 aliphatic heterocycles. The Morgan fingerprint density at radius 2 is 2.06 bits per heavy atom. The van der Waals surface area contributed by atoms with Crippen molar-refractivity contribution in [2.75, 3.05) is 13.1 Å². The lowest BCUT2D eigenvalue weighted by Crippen LogP contribution is -2.19. The average Bonchev–Trinajstić information content (AvgIpc) is 2.65. The fourth-order valence-electron chi connectivity index (χ4n) is 1.58. The zero-order chi connectivity index (χ0) is 11.5. The minimum absolute atomic E-state index is 0.0921. The van der Waals surface area contributed by atoms with Crippen LogP contribution in [0.25, 0.3) is 0 Å². The van der Waals surface area contributed by atoms with Gasteiger partial charge in [-0.3, -0.25) is 10.1 Å². The summed E-state index contributed by atoms with van der Waals surface area (Å²) >= 11 is 1.54. The van der Waals surface area contributed by atoms with Gasteiger partial charge in [0.05, 0.1) is 11.0 Å². The summed E-state index contributed by atoms with van der Waals surface area (Å²) in [5.41, 5.74) is 0.0921. The third-order valence-corrected chi connectivity index (χ3v) is 3.79. The minimum Gasteiger partial charge on any atom is -0.391 e. The molecule has 0 amide bonds. The van der Waals surface area contributed by atoms with E-state index in [-0.39, 0.29) is 17.0 Å². The number of nitrogens with one attached hydrogen (secondary N) is 1. The summed E-state index contributed by atoms with van der Waals surface area (Å²) in [6.45, 7) is 1.38. The number of nitro groups is 1. The zero-order valence-corrected chi connectivity index (χ0v) is 9.31. The van der Waals surface area contributed by atoms with Crippen LogP contribution in [0.3, 0.4) is 0 Å². The predicted octanol–water partition coefficient (Wildman–Crippen LogP) is 1.02. The minimum atomic E-state index is -0.416. The van der Waals surface area contributed by atoms with Gasteiger partial charge in [-0.05, 0) is 12.1 Å². The molecule has 6 heteroatoms. The molecular weight excluding hydrogens is 228 g/mol. The Balaban J connectivity index is 2.02. The highest BCUT2D eigenvalue weighted by molar-refractivity contribution is 8.00. The molecule has 0 aromatic heterocycles. The van der Waals surface area contributed by atoms with Gasteiger partial charge in [0.25, 0.3) is 5.69 Å². The molecule has 0 saturated carbocycles. The summed E-state index contributed by atoms with van der Waals surface area (Å²) < 4.78 is 0. The summed E-state index contributed by atoms with van der Waals surface area (Å²) in [5.74, 6) is 0. The standard InChI is InChI=1S/C10H12N2O3S/c13-9-5-11-6-10(9)16-8-3-1-7(2-4-8)12(14)15/h1-4,9-11,13H,5-6H2. The summed E-state index contributed by atoms with van der Waals surface area (Å²) in [4.78, 5) is 11.0. The number of rotatable bonds is 3. The van der Waals surface area contributed by atoms with E-state index in [0.717, 1.165) is 11.4 Å². The smallest absolute Gasteiger partial charge is 0.269 e. The fourth-order valence-corrected chi connectivity index (χ4v) is 2.68. The van der Waals surface area contributed by atoms with Gasteiger partial charge in [-0.15, -0.1) is 11.8 Å². The first-order valence-electron chi connectivity index (χ1n) is 4.97. The lowest BCUT2D eigenvalue weighted by Gasteiger charge is -2.12. The summed E-state index contributed by atoms with van der Waals surface area (Å²) in [6.07, 6.45) is -0.347. The van der Waals surface area contributed by atoms with E-state index in [1.54, 1.807) is 23.9 Å². The van der Waals surface area contributed by atoms with Crippen LogP contribution >= 0.6 is 11.8 Å². The third kappa shape index (κ3) is 2.52. The van der Waals surface area contributed by atoms with Crippen molar-refractivity contribution in [2.45, 2.75) is 16.2 Å². The van der Waals surface area contributed by atoms with Gasteiger partial charge in [0.1, 0.15) is 0 Å². The number of thioether (sulfide) groups is 1. The third-order valence-electron chi connectivity index (χ3n) is 2.46. The van der Waals surface area contributed by atoms with Gasteiger partial charge >= 0.3 is 0 Å². The normalized spacial score (nSPS) is 24.6. The summed E-state index contributed by atoms with van der Waals surface area (Å²) in [5, 5.41) is 23.3. The number of non-ortho nitro benzene ring substituents is 1. The lowest BCUT2D eigenvalue weighted by atomic mass is 10.3. The molecule has 0 bridgehead atoms. The van der Waals surface area contributed by atoms with Gasteiger partial charge in [0, 0.05) is 35.4 Å². The largest absolute Gasteiger partial charge is 0.391 e. The van der Waals surface area contributed by atoms with Crippen molar-refractivity contribution in [2.24, 2.45) is 0 Å². The molecule has 2 rings (SSSR count). The van der Waals surface area contributed by atoms with Crippen LogP contribution in [0.4, 0.5) is 5.69 Å². The van der Waals surface area contributed by atoms with E-state index >= 15 is 0 Å². The van der Waals surface area contributed by atoms with Crippen LogP contribution in [0.5, 0.6) is 0 Å². The number of nitrogens with zero attached hydrogens (tertiary/aromatic N) is 1. The second-order valence-electron chi connectivity index (χ2n) is 3.63. The maximum absolute atomic E-state index is 10.5. The maximum Gasteiger partial charge on any atom is 0.269 e. The molecule has 0 spiro atoms. The average molecular weight is 240 g/mol. The highest BCUT2D eigenvalue weighted by atomic mass is 32.2. The van der Waals surface area contributed by atoms with Gasteiger partial charge in [-0.1, -0.05) is 0 Å². The quantitative estimate of drug-likeness (QED) is 0.609. The SMILES string of the molecule is O=[N+]([O-])c1ccc(SC2CNCC2O)cc1. The Bertz CT molecular complexity index is 382. The van der Waals surface area contributed by atoms with E-state index in [4.69, 9.17) is 0 Å². The van der Waals surface area contributed by atoms with Gasteiger partial charge in [-0.25, -0.2) is 0 Å². The molecule has 0 radical (unpaired) electrons. The van der Waals surface area contributed by atoms with Crippen molar-refractivity contribution in [1.82, 2.24) is 5.32 Å². The fraction of sp³-hybridized carbons (Fsp3) is 0.400. The van der Waals surface area contributed by atoms with Crippen LogP contribution < -0.4 is 5.32 Å². The first-order valence-corrected chi connectivity index (χ1v) is 5.84. The van der Waals surface area contributed by atoms with Crippen molar-refractivity contribution in [3.63, 3.8) is 0 Å². The van der Waals surface area contributed by atoms with E-state index in [2.05, 4.69) is 5.32 Å². The lowest BCUT2D eigenvalue weighted by molar-refractivity contribution is -0.384. The van der Waals surface area contributed by atoms with E-state index < -0.39 is 4.92 Å². The van der Waals surface area contributed by atoms with Crippen LogP contribution in [0.1, 0.15) is 0 Å². The molecule has 2 unspecified atom stereocenters. The highest BCUT2D eigenvalue weighted by Crippen LogP contribution is 2.28. The topological polar surface area (TPSA) is 75.4 Å². The molecule has 5 nitrogen and oxygen atoms in total. The number of hydrogen-bond acceptors (Lipinski definition) is 5. The van der Waals surface area contributed by atoms with E-state index in [9.17, 15) is 15.2 Å². The van der Waals surface area contributed by atoms with Crippen LogP contribution in [-0.2, 0) is 0 Å². The molecule has 16 heavy (non-hydrogen) atoms. The molecule has 1 saturated heterocycles. The van der Waals surface area contributed by atoms with Crippen molar-refractivity contribution < 1.29 is 10.0 Å². The van der Waals surface area contributed by atoms with Crippen LogP contribution in [0, 0.1) is 10.1 Å². The molecule has 1 aromatic carbocycles. The number of benzene rings is 1. The zero-order valence-electron chi connectivity index (χ0n) is 8.50. The molecule has 2 N–H and O–H groups in total. The molecule has 86 valence electrons. The van der Waals surface area contributed by atoms with Crippen molar-refractivity contribution in [1.29, 1.82) is 0 Å². The van der Waals surface area contributed by atoms with Gasteiger partial charge in [0.2, 0.25) is 0 Å².